The molecule has 3 aromatic carbocycles. The SMILES string of the molecule is COc1ccccc1C1(O)C(=O)N(S(=O)(=O)c2cccc3cccnc23)c2ccc(Cl)cc21. The molecule has 1 aliphatic rings. The number of hydrogen-bond donors (Lipinski definition) is 1. The van der Waals surface area contributed by atoms with Crippen molar-refractivity contribution < 1.29 is 23.1 Å². The number of ether oxygens (including phenoxy) is 1. The van der Waals surface area contributed by atoms with Gasteiger partial charge in [-0.3, -0.25) is 9.78 Å². The number of rotatable bonds is 4. The molecule has 0 spiro atoms. The van der Waals surface area contributed by atoms with Gasteiger partial charge in [-0.2, -0.15) is 4.31 Å². The molecule has 4 aromatic rings. The van der Waals surface area contributed by atoms with Gasteiger partial charge in [-0.25, -0.2) is 8.42 Å². The van der Waals surface area contributed by atoms with Gasteiger partial charge in [0.2, 0.25) is 5.60 Å². The summed E-state index contributed by atoms with van der Waals surface area (Å²) in [6, 6.07) is 18.8. The van der Waals surface area contributed by atoms with Gasteiger partial charge >= 0.3 is 0 Å². The molecule has 1 unspecified atom stereocenters. The summed E-state index contributed by atoms with van der Waals surface area (Å²) in [5.74, 6) is -0.831. The maximum atomic E-state index is 13.9. The number of methoxy groups -OCH3 is 1. The Morgan fingerprint density at radius 1 is 1.00 bits per heavy atom. The predicted octanol–water partition coefficient (Wildman–Crippen LogP) is 3.87. The highest BCUT2D eigenvalue weighted by Crippen LogP contribution is 2.49. The van der Waals surface area contributed by atoms with E-state index >= 15 is 0 Å². The third-order valence-electron chi connectivity index (χ3n) is 5.67. The zero-order valence-corrected chi connectivity index (χ0v) is 18.8. The number of pyridine rings is 1. The molecule has 166 valence electrons. The number of benzene rings is 3. The molecule has 0 bridgehead atoms. The van der Waals surface area contributed by atoms with Crippen LogP contribution < -0.4 is 9.04 Å². The summed E-state index contributed by atoms with van der Waals surface area (Å²) in [7, 11) is -3.06. The first-order valence-corrected chi connectivity index (χ1v) is 11.7. The Balaban J connectivity index is 1.79. The normalized spacial score (nSPS) is 17.9. The Kier molecular flexibility index (Phi) is 4.89. The molecule has 1 atom stereocenters. The summed E-state index contributed by atoms with van der Waals surface area (Å²) >= 11 is 6.18. The second-order valence-electron chi connectivity index (χ2n) is 7.48. The number of aliphatic hydroxyl groups is 1. The minimum atomic E-state index is -4.46. The molecule has 2 heterocycles. The number of halogens is 1. The van der Waals surface area contributed by atoms with Crippen LogP contribution in [0, 0.1) is 0 Å². The molecule has 7 nitrogen and oxygen atoms in total. The van der Waals surface area contributed by atoms with Crippen molar-refractivity contribution in [1.29, 1.82) is 0 Å². The molecule has 5 rings (SSSR count). The minimum absolute atomic E-state index is 0.00532. The number of hydrogen-bond acceptors (Lipinski definition) is 6. The predicted molar refractivity (Wildman–Crippen MR) is 124 cm³/mol. The van der Waals surface area contributed by atoms with Crippen LogP contribution in [0.3, 0.4) is 0 Å². The molecule has 0 aliphatic carbocycles. The maximum absolute atomic E-state index is 13.9. The smallest absolute Gasteiger partial charge is 0.282 e. The van der Waals surface area contributed by atoms with Crippen LogP contribution in [0.25, 0.3) is 10.9 Å². The summed E-state index contributed by atoms with van der Waals surface area (Å²) in [4.78, 5) is 17.9. The van der Waals surface area contributed by atoms with Gasteiger partial charge < -0.3 is 9.84 Å². The molecule has 9 heteroatoms. The van der Waals surface area contributed by atoms with Crippen LogP contribution in [0.1, 0.15) is 11.1 Å². The van der Waals surface area contributed by atoms with Crippen LogP contribution in [0.5, 0.6) is 5.75 Å². The Labute approximate surface area is 194 Å². The zero-order chi connectivity index (χ0) is 23.4. The molecule has 0 fully saturated rings. The number of para-hydroxylation sites is 2. The van der Waals surface area contributed by atoms with Gasteiger partial charge in [0.1, 0.15) is 10.6 Å². The zero-order valence-electron chi connectivity index (χ0n) is 17.3. The average molecular weight is 481 g/mol. The molecular formula is C24H17ClN2O5S. The number of aromatic nitrogens is 1. The Morgan fingerprint density at radius 3 is 2.55 bits per heavy atom. The van der Waals surface area contributed by atoms with E-state index in [0.717, 1.165) is 0 Å². The first-order valence-electron chi connectivity index (χ1n) is 9.89. The van der Waals surface area contributed by atoms with Gasteiger partial charge in [-0.15, -0.1) is 0 Å². The highest BCUT2D eigenvalue weighted by Gasteiger charge is 2.56. The standard InChI is InChI=1S/C24H17ClN2O5S/c1-32-20-9-3-2-8-17(20)24(29)18-14-16(25)11-12-19(18)27(23(24)28)33(30,31)21-10-4-6-15-7-5-13-26-22(15)21/h2-14,29H,1H3. The molecule has 0 saturated heterocycles. The number of amides is 1. The van der Waals surface area contributed by atoms with Gasteiger partial charge in [0.15, 0.2) is 0 Å². The number of carbonyl (C=O) groups excluding carboxylic acids is 1. The summed E-state index contributed by atoms with van der Waals surface area (Å²) in [6.45, 7) is 0. The van der Waals surface area contributed by atoms with Crippen molar-refractivity contribution in [2.24, 2.45) is 0 Å². The van der Waals surface area contributed by atoms with Crippen molar-refractivity contribution in [2.75, 3.05) is 11.4 Å². The number of sulfonamides is 1. The van der Waals surface area contributed by atoms with E-state index in [0.29, 0.717) is 9.69 Å². The molecule has 1 aromatic heterocycles. The number of anilines is 1. The third-order valence-corrected chi connectivity index (χ3v) is 7.64. The van der Waals surface area contributed by atoms with Crippen molar-refractivity contribution in [3.05, 3.63) is 95.1 Å². The van der Waals surface area contributed by atoms with Crippen LogP contribution in [-0.4, -0.2) is 31.5 Å². The first-order chi connectivity index (χ1) is 15.8. The number of nitrogens with zero attached hydrogens (tertiary/aromatic N) is 2. The summed E-state index contributed by atoms with van der Waals surface area (Å²) < 4.78 is 33.7. The fourth-order valence-corrected chi connectivity index (χ4v) is 5.97. The fraction of sp³-hybridized carbons (Fsp3) is 0.0833. The number of carbonyl (C=O) groups is 1. The summed E-state index contributed by atoms with van der Waals surface area (Å²) in [5.41, 5.74) is -1.96. The number of fused-ring (bicyclic) bond motifs is 2. The van der Waals surface area contributed by atoms with Gasteiger partial charge in [0, 0.05) is 27.7 Å². The van der Waals surface area contributed by atoms with Crippen LogP contribution in [0.15, 0.2) is 83.9 Å². The van der Waals surface area contributed by atoms with E-state index in [1.807, 2.05) is 0 Å². The van der Waals surface area contributed by atoms with Crippen molar-refractivity contribution in [3.63, 3.8) is 0 Å². The van der Waals surface area contributed by atoms with Crippen molar-refractivity contribution >= 4 is 44.1 Å². The average Bonchev–Trinajstić information content (AvgIpc) is 3.06. The summed E-state index contributed by atoms with van der Waals surface area (Å²) in [5, 5.41) is 12.6. The van der Waals surface area contributed by atoms with E-state index < -0.39 is 21.5 Å². The first kappa shape index (κ1) is 21.4. The van der Waals surface area contributed by atoms with E-state index in [1.165, 1.54) is 43.6 Å². The largest absolute Gasteiger partial charge is 0.496 e. The van der Waals surface area contributed by atoms with Crippen molar-refractivity contribution in [1.82, 2.24) is 4.98 Å². The molecule has 1 amide bonds. The van der Waals surface area contributed by atoms with Crippen molar-refractivity contribution in [2.45, 2.75) is 10.5 Å². The topological polar surface area (TPSA) is 96.8 Å². The third kappa shape index (κ3) is 3.02. The van der Waals surface area contributed by atoms with Crippen LogP contribution in [-0.2, 0) is 20.4 Å². The molecule has 1 N–H and O–H groups in total. The van der Waals surface area contributed by atoms with Crippen LogP contribution >= 0.6 is 11.6 Å². The second-order valence-corrected chi connectivity index (χ2v) is 9.67. The van der Waals surface area contributed by atoms with Gasteiger partial charge in [-0.05, 0) is 36.4 Å². The van der Waals surface area contributed by atoms with E-state index in [-0.39, 0.29) is 38.0 Å². The molecular weight excluding hydrogens is 464 g/mol. The second kappa shape index (κ2) is 7.55. The molecule has 1 aliphatic heterocycles. The highest BCUT2D eigenvalue weighted by molar-refractivity contribution is 7.93. The lowest BCUT2D eigenvalue weighted by Gasteiger charge is -2.25. The molecule has 33 heavy (non-hydrogen) atoms. The Morgan fingerprint density at radius 2 is 1.76 bits per heavy atom. The fourth-order valence-electron chi connectivity index (χ4n) is 4.17. The molecule has 0 saturated carbocycles. The van der Waals surface area contributed by atoms with E-state index in [9.17, 15) is 18.3 Å². The van der Waals surface area contributed by atoms with Gasteiger partial charge in [0.05, 0.1) is 18.3 Å². The van der Waals surface area contributed by atoms with Crippen molar-refractivity contribution in [3.8, 4) is 5.75 Å². The lowest BCUT2D eigenvalue weighted by Crippen LogP contribution is -2.44. The lowest BCUT2D eigenvalue weighted by molar-refractivity contribution is -0.131. The highest BCUT2D eigenvalue weighted by atomic mass is 35.5. The van der Waals surface area contributed by atoms with Crippen LogP contribution in [0.2, 0.25) is 5.02 Å². The monoisotopic (exact) mass is 480 g/mol. The molecule has 0 radical (unpaired) electrons. The summed E-state index contributed by atoms with van der Waals surface area (Å²) in [6.07, 6.45) is 1.48. The van der Waals surface area contributed by atoms with Crippen LogP contribution in [0.4, 0.5) is 5.69 Å². The van der Waals surface area contributed by atoms with Gasteiger partial charge in [-0.1, -0.05) is 48.0 Å². The van der Waals surface area contributed by atoms with E-state index in [1.54, 1.807) is 42.5 Å². The lowest BCUT2D eigenvalue weighted by atomic mass is 9.87. The van der Waals surface area contributed by atoms with E-state index in [4.69, 9.17) is 16.3 Å². The Hall–Kier alpha value is -3.46. The van der Waals surface area contributed by atoms with Gasteiger partial charge in [0.25, 0.3) is 15.9 Å². The quantitative estimate of drug-likeness (QED) is 0.476. The minimum Gasteiger partial charge on any atom is -0.496 e. The Bertz CT molecular complexity index is 1530. The van der Waals surface area contributed by atoms with E-state index in [2.05, 4.69) is 4.98 Å². The maximum Gasteiger partial charge on any atom is 0.282 e.